The molecular formula is C8H12N2. The van der Waals surface area contributed by atoms with E-state index < -0.39 is 0 Å². The fraction of sp³-hybridized carbons (Fsp3) is 0.250. The van der Waals surface area contributed by atoms with Crippen LogP contribution in [0.5, 0.6) is 0 Å². The third kappa shape index (κ3) is 1.05. The summed E-state index contributed by atoms with van der Waals surface area (Å²) in [5.41, 5.74) is 2.28. The highest BCUT2D eigenvalue weighted by atomic mass is 15.3. The third-order valence-corrected chi connectivity index (χ3v) is 1.49. The van der Waals surface area contributed by atoms with Gasteiger partial charge in [-0.15, -0.1) is 0 Å². The fourth-order valence-corrected chi connectivity index (χ4v) is 0.937. The Hall–Kier alpha value is -1.18. The predicted molar refractivity (Wildman–Crippen MR) is 44.0 cm³/mol. The van der Waals surface area contributed by atoms with E-state index in [4.69, 9.17) is 5.84 Å². The number of hydrogen-bond acceptors (Lipinski definition) is 1. The van der Waals surface area contributed by atoms with Gasteiger partial charge in [-0.3, -0.25) is 4.68 Å². The lowest BCUT2D eigenvalue weighted by molar-refractivity contribution is 0.998. The van der Waals surface area contributed by atoms with E-state index in [1.807, 2.05) is 38.3 Å². The second-order valence-electron chi connectivity index (χ2n) is 2.29. The van der Waals surface area contributed by atoms with Crippen molar-refractivity contribution in [3.8, 4) is 0 Å². The molecule has 0 aliphatic heterocycles. The Morgan fingerprint density at radius 1 is 1.60 bits per heavy atom. The van der Waals surface area contributed by atoms with Gasteiger partial charge < -0.3 is 5.84 Å². The molecule has 0 amide bonds. The molecular weight excluding hydrogens is 124 g/mol. The molecule has 2 nitrogen and oxygen atoms in total. The van der Waals surface area contributed by atoms with Crippen LogP contribution in [0.3, 0.4) is 0 Å². The van der Waals surface area contributed by atoms with Gasteiger partial charge in [0.1, 0.15) is 0 Å². The summed E-state index contributed by atoms with van der Waals surface area (Å²) in [5, 5.41) is 0. The molecule has 2 heteroatoms. The first kappa shape index (κ1) is 6.93. The van der Waals surface area contributed by atoms with Gasteiger partial charge in [0.25, 0.3) is 0 Å². The standard InChI is InChI=1S/C8H12N2/c1-3-4-8-7(2)5-6-10(8)9/h3-6H,9H2,1-2H3/b4-3-. The zero-order valence-corrected chi connectivity index (χ0v) is 6.33. The summed E-state index contributed by atoms with van der Waals surface area (Å²) in [6.07, 6.45) is 5.83. The highest BCUT2D eigenvalue weighted by molar-refractivity contribution is 5.49. The van der Waals surface area contributed by atoms with Crippen molar-refractivity contribution < 1.29 is 0 Å². The Morgan fingerprint density at radius 2 is 2.30 bits per heavy atom. The normalized spacial score (nSPS) is 11.0. The highest BCUT2D eigenvalue weighted by Gasteiger charge is 1.96. The second-order valence-corrected chi connectivity index (χ2v) is 2.29. The maximum absolute atomic E-state index is 5.59. The molecule has 0 saturated carbocycles. The summed E-state index contributed by atoms with van der Waals surface area (Å²) in [5.74, 6) is 5.59. The van der Waals surface area contributed by atoms with Crippen molar-refractivity contribution in [2.75, 3.05) is 5.84 Å². The molecule has 0 radical (unpaired) electrons. The van der Waals surface area contributed by atoms with E-state index in [0.717, 1.165) is 5.69 Å². The molecule has 0 fully saturated rings. The number of aromatic nitrogens is 1. The molecule has 1 heterocycles. The lowest BCUT2D eigenvalue weighted by atomic mass is 10.2. The lowest BCUT2D eigenvalue weighted by Crippen LogP contribution is -2.07. The van der Waals surface area contributed by atoms with Crippen LogP contribution in [0.1, 0.15) is 18.2 Å². The van der Waals surface area contributed by atoms with Crippen LogP contribution < -0.4 is 5.84 Å². The maximum atomic E-state index is 5.59. The smallest absolute Gasteiger partial charge is 0.0643 e. The molecule has 0 atom stereocenters. The summed E-state index contributed by atoms with van der Waals surface area (Å²) >= 11 is 0. The van der Waals surface area contributed by atoms with E-state index in [9.17, 15) is 0 Å². The lowest BCUT2D eigenvalue weighted by Gasteiger charge is -1.96. The molecule has 0 bridgehead atoms. The number of nitrogen functional groups attached to an aromatic ring is 1. The van der Waals surface area contributed by atoms with Crippen molar-refractivity contribution >= 4 is 6.08 Å². The first-order valence-electron chi connectivity index (χ1n) is 3.31. The van der Waals surface area contributed by atoms with E-state index in [2.05, 4.69) is 0 Å². The van der Waals surface area contributed by atoms with Crippen molar-refractivity contribution in [1.82, 2.24) is 4.68 Å². The number of aryl methyl sites for hydroxylation is 1. The van der Waals surface area contributed by atoms with Crippen LogP contribution >= 0.6 is 0 Å². The largest absolute Gasteiger partial charge is 0.339 e. The first-order chi connectivity index (χ1) is 4.75. The molecule has 2 N–H and O–H groups in total. The van der Waals surface area contributed by atoms with Crippen molar-refractivity contribution in [3.05, 3.63) is 29.6 Å². The van der Waals surface area contributed by atoms with Gasteiger partial charge in [-0.25, -0.2) is 0 Å². The van der Waals surface area contributed by atoms with Crippen LogP contribution in [-0.2, 0) is 0 Å². The molecule has 0 aliphatic carbocycles. The van der Waals surface area contributed by atoms with Crippen LogP contribution in [0.25, 0.3) is 6.08 Å². The van der Waals surface area contributed by atoms with Crippen LogP contribution in [0.15, 0.2) is 18.3 Å². The number of allylic oxidation sites excluding steroid dienone is 1. The van der Waals surface area contributed by atoms with Gasteiger partial charge in [0, 0.05) is 6.20 Å². The average molecular weight is 136 g/mol. The molecule has 0 unspecified atom stereocenters. The Bertz CT molecular complexity index is 226. The van der Waals surface area contributed by atoms with E-state index in [0.29, 0.717) is 0 Å². The minimum Gasteiger partial charge on any atom is -0.339 e. The van der Waals surface area contributed by atoms with Gasteiger partial charge >= 0.3 is 0 Å². The van der Waals surface area contributed by atoms with Crippen molar-refractivity contribution in [2.45, 2.75) is 13.8 Å². The van der Waals surface area contributed by atoms with Crippen molar-refractivity contribution in [3.63, 3.8) is 0 Å². The molecule has 1 rings (SSSR count). The summed E-state index contributed by atoms with van der Waals surface area (Å²) in [4.78, 5) is 0. The molecule has 0 saturated heterocycles. The molecule has 0 spiro atoms. The molecule has 54 valence electrons. The number of rotatable bonds is 1. The average Bonchev–Trinajstić information content (AvgIpc) is 2.20. The Labute approximate surface area is 60.9 Å². The minimum absolute atomic E-state index is 1.07. The fourth-order valence-electron chi connectivity index (χ4n) is 0.937. The van der Waals surface area contributed by atoms with Gasteiger partial charge in [-0.05, 0) is 31.6 Å². The second kappa shape index (κ2) is 2.60. The van der Waals surface area contributed by atoms with E-state index in [-0.39, 0.29) is 0 Å². The Morgan fingerprint density at radius 3 is 2.70 bits per heavy atom. The zero-order valence-electron chi connectivity index (χ0n) is 6.33. The van der Waals surface area contributed by atoms with Gasteiger partial charge in [0.05, 0.1) is 5.69 Å². The molecule has 10 heavy (non-hydrogen) atoms. The third-order valence-electron chi connectivity index (χ3n) is 1.49. The quantitative estimate of drug-likeness (QED) is 0.583. The van der Waals surface area contributed by atoms with Gasteiger partial charge in [0.2, 0.25) is 0 Å². The minimum atomic E-state index is 1.07. The SMILES string of the molecule is C/C=C\c1c(C)ccn1N. The van der Waals surface area contributed by atoms with Crippen LogP contribution in [0.4, 0.5) is 0 Å². The zero-order chi connectivity index (χ0) is 7.56. The monoisotopic (exact) mass is 136 g/mol. The molecule has 1 aromatic heterocycles. The van der Waals surface area contributed by atoms with Crippen molar-refractivity contribution in [2.24, 2.45) is 0 Å². The van der Waals surface area contributed by atoms with Gasteiger partial charge in [-0.2, -0.15) is 0 Å². The highest BCUT2D eigenvalue weighted by Crippen LogP contribution is 2.07. The van der Waals surface area contributed by atoms with Gasteiger partial charge in [-0.1, -0.05) is 6.08 Å². The first-order valence-corrected chi connectivity index (χ1v) is 3.31. The summed E-state index contributed by atoms with van der Waals surface area (Å²) < 4.78 is 1.62. The number of hydrogen-bond donors (Lipinski definition) is 1. The number of nitrogens with two attached hydrogens (primary N) is 1. The summed E-state index contributed by atoms with van der Waals surface area (Å²) in [7, 11) is 0. The summed E-state index contributed by atoms with van der Waals surface area (Å²) in [6, 6.07) is 2.00. The van der Waals surface area contributed by atoms with Crippen LogP contribution in [-0.4, -0.2) is 4.68 Å². The number of nitrogens with zero attached hydrogens (tertiary/aromatic N) is 1. The Balaban J connectivity index is 3.10. The van der Waals surface area contributed by atoms with E-state index >= 15 is 0 Å². The predicted octanol–water partition coefficient (Wildman–Crippen LogP) is 1.54. The van der Waals surface area contributed by atoms with Crippen molar-refractivity contribution in [1.29, 1.82) is 0 Å². The Kier molecular flexibility index (Phi) is 1.81. The maximum Gasteiger partial charge on any atom is 0.0643 e. The van der Waals surface area contributed by atoms with Gasteiger partial charge in [0.15, 0.2) is 0 Å². The molecule has 0 aromatic carbocycles. The van der Waals surface area contributed by atoms with Crippen LogP contribution in [0.2, 0.25) is 0 Å². The van der Waals surface area contributed by atoms with E-state index in [1.165, 1.54) is 5.56 Å². The topological polar surface area (TPSA) is 30.9 Å². The molecule has 1 aromatic rings. The van der Waals surface area contributed by atoms with E-state index in [1.54, 1.807) is 4.68 Å². The van der Waals surface area contributed by atoms with Crippen LogP contribution in [0, 0.1) is 6.92 Å². The molecule has 0 aliphatic rings. The summed E-state index contributed by atoms with van der Waals surface area (Å²) in [6.45, 7) is 4.02.